The number of methoxy groups -OCH3 is 2. The summed E-state index contributed by atoms with van der Waals surface area (Å²) in [6.07, 6.45) is -1.09. The molecule has 1 aromatic carbocycles. The second-order valence-corrected chi connectivity index (χ2v) is 11.7. The monoisotopic (exact) mass is 626 g/mol. The number of hydrogen-bond acceptors (Lipinski definition) is 10. The fraction of sp³-hybridized carbons (Fsp3) is 0.500. The zero-order chi connectivity index (χ0) is 30.9. The van der Waals surface area contributed by atoms with E-state index < -0.39 is 34.9 Å². The van der Waals surface area contributed by atoms with Crippen molar-refractivity contribution in [2.45, 2.75) is 57.0 Å². The van der Waals surface area contributed by atoms with Crippen molar-refractivity contribution in [3.63, 3.8) is 0 Å². The van der Waals surface area contributed by atoms with Crippen molar-refractivity contribution in [2.75, 3.05) is 44.1 Å². The zero-order valence-electron chi connectivity index (χ0n) is 23.8. The number of piperidine rings is 1. The van der Waals surface area contributed by atoms with Crippen molar-refractivity contribution >= 4 is 34.1 Å². The number of likely N-dealkylation sites (tertiary alicyclic amines) is 1. The number of rotatable bonds is 8. The summed E-state index contributed by atoms with van der Waals surface area (Å²) >= 11 is 1.14. The molecule has 4 heterocycles. The lowest BCUT2D eigenvalue weighted by molar-refractivity contribution is -0.168. The van der Waals surface area contributed by atoms with Gasteiger partial charge < -0.3 is 19.7 Å². The van der Waals surface area contributed by atoms with Crippen molar-refractivity contribution in [1.29, 1.82) is 0 Å². The average molecular weight is 627 g/mol. The Hall–Kier alpha value is -3.43. The number of benzene rings is 1. The van der Waals surface area contributed by atoms with Crippen LogP contribution in [0.15, 0.2) is 24.5 Å². The largest absolute Gasteiger partial charge is 0.467 e. The van der Waals surface area contributed by atoms with E-state index in [0.29, 0.717) is 17.5 Å². The van der Waals surface area contributed by atoms with Gasteiger partial charge in [0.05, 0.1) is 18.4 Å². The first-order valence-corrected chi connectivity index (χ1v) is 14.5. The van der Waals surface area contributed by atoms with E-state index in [0.717, 1.165) is 42.9 Å². The lowest BCUT2D eigenvalue weighted by Gasteiger charge is -2.39. The van der Waals surface area contributed by atoms with E-state index in [1.54, 1.807) is 4.90 Å². The molecule has 5 rings (SSSR count). The predicted molar refractivity (Wildman–Crippen MR) is 150 cm³/mol. The van der Waals surface area contributed by atoms with Gasteiger partial charge in [0.2, 0.25) is 5.82 Å². The molecule has 1 unspecified atom stereocenters. The van der Waals surface area contributed by atoms with Crippen LogP contribution in [0.2, 0.25) is 0 Å². The molecule has 0 saturated carbocycles. The normalized spacial score (nSPS) is 19.1. The maximum Gasteiger partial charge on any atom is 0.416 e. The SMILES string of the molecule is COC(=O)C1(OC)CCN(c2ncnc(Nc3nc(-c4cc(F)cc(C(F)(F)F)c4)c(CN4CCCC4C)s3)c2F)CC1. The average Bonchev–Trinajstić information content (AvgIpc) is 3.58. The number of aromatic nitrogens is 3. The highest BCUT2D eigenvalue weighted by molar-refractivity contribution is 7.16. The molecule has 3 aromatic rings. The Morgan fingerprint density at radius 2 is 1.88 bits per heavy atom. The Kier molecular flexibility index (Phi) is 8.86. The molecule has 0 bridgehead atoms. The molecule has 15 heteroatoms. The topological polar surface area (TPSA) is 92.7 Å². The van der Waals surface area contributed by atoms with Crippen LogP contribution < -0.4 is 10.2 Å². The van der Waals surface area contributed by atoms with Crippen LogP contribution >= 0.6 is 11.3 Å². The van der Waals surface area contributed by atoms with Gasteiger partial charge in [0, 0.05) is 56.1 Å². The summed E-state index contributed by atoms with van der Waals surface area (Å²) in [6, 6.07) is 2.58. The van der Waals surface area contributed by atoms with Crippen molar-refractivity contribution in [2.24, 2.45) is 0 Å². The number of nitrogens with one attached hydrogen (secondary N) is 1. The molecule has 2 aromatic heterocycles. The third-order valence-corrected chi connectivity index (χ3v) is 9.00. The summed E-state index contributed by atoms with van der Waals surface area (Å²) < 4.78 is 80.9. The lowest BCUT2D eigenvalue weighted by Crippen LogP contribution is -2.51. The van der Waals surface area contributed by atoms with Crippen LogP contribution in [0.1, 0.15) is 43.0 Å². The molecule has 0 amide bonds. The minimum absolute atomic E-state index is 0.00918. The summed E-state index contributed by atoms with van der Waals surface area (Å²) in [5.41, 5.74) is -2.09. The Bertz CT molecular complexity index is 1480. The second kappa shape index (κ2) is 12.3. The number of carbonyl (C=O) groups excluding carboxylic acids is 1. The van der Waals surface area contributed by atoms with Gasteiger partial charge >= 0.3 is 12.1 Å². The number of thiazole rings is 1. The molecule has 0 radical (unpaired) electrons. The minimum Gasteiger partial charge on any atom is -0.467 e. The zero-order valence-corrected chi connectivity index (χ0v) is 24.6. The van der Waals surface area contributed by atoms with Crippen LogP contribution in [0, 0.1) is 11.6 Å². The summed E-state index contributed by atoms with van der Waals surface area (Å²) in [7, 11) is 2.71. The molecule has 232 valence electrons. The van der Waals surface area contributed by atoms with Crippen molar-refractivity contribution < 1.29 is 36.2 Å². The number of anilines is 3. The number of hydrogen-bond donors (Lipinski definition) is 1. The highest BCUT2D eigenvalue weighted by atomic mass is 32.1. The summed E-state index contributed by atoms with van der Waals surface area (Å²) in [5, 5.41) is 3.04. The van der Waals surface area contributed by atoms with Gasteiger partial charge in [0.1, 0.15) is 12.1 Å². The summed E-state index contributed by atoms with van der Waals surface area (Å²) in [6.45, 7) is 3.78. The summed E-state index contributed by atoms with van der Waals surface area (Å²) in [5.74, 6) is -2.47. The van der Waals surface area contributed by atoms with E-state index in [2.05, 4.69) is 32.1 Å². The first-order chi connectivity index (χ1) is 20.4. The molecule has 9 nitrogen and oxygen atoms in total. The molecular weight excluding hydrogens is 595 g/mol. The maximum absolute atomic E-state index is 15.7. The van der Waals surface area contributed by atoms with Gasteiger partial charge in [-0.3, -0.25) is 4.90 Å². The first-order valence-electron chi connectivity index (χ1n) is 13.7. The van der Waals surface area contributed by atoms with Crippen molar-refractivity contribution in [3.8, 4) is 11.3 Å². The van der Waals surface area contributed by atoms with Crippen LogP contribution in [0.4, 0.5) is 38.7 Å². The molecule has 1 atom stereocenters. The summed E-state index contributed by atoms with van der Waals surface area (Å²) in [4.78, 5) is 29.3. The quantitative estimate of drug-likeness (QED) is 0.247. The van der Waals surface area contributed by atoms with E-state index in [-0.39, 0.29) is 60.0 Å². The fourth-order valence-corrected chi connectivity index (χ4v) is 6.58. The van der Waals surface area contributed by atoms with Gasteiger partial charge in [0.15, 0.2) is 22.4 Å². The molecule has 43 heavy (non-hydrogen) atoms. The van der Waals surface area contributed by atoms with Gasteiger partial charge in [-0.2, -0.15) is 17.6 Å². The number of carbonyl (C=O) groups is 1. The lowest BCUT2D eigenvalue weighted by atomic mass is 9.91. The number of halogens is 5. The first kappa shape index (κ1) is 31.0. The number of nitrogens with zero attached hydrogens (tertiary/aromatic N) is 5. The van der Waals surface area contributed by atoms with Gasteiger partial charge in [0.25, 0.3) is 0 Å². The Balaban J connectivity index is 1.44. The molecule has 2 fully saturated rings. The fourth-order valence-electron chi connectivity index (χ4n) is 5.57. The van der Waals surface area contributed by atoms with E-state index >= 15 is 4.39 Å². The molecule has 2 aliphatic heterocycles. The number of ether oxygens (including phenoxy) is 2. The Morgan fingerprint density at radius 1 is 1.14 bits per heavy atom. The number of esters is 1. The smallest absolute Gasteiger partial charge is 0.416 e. The van der Waals surface area contributed by atoms with Gasteiger partial charge in [-0.1, -0.05) is 11.3 Å². The third kappa shape index (κ3) is 6.43. The van der Waals surface area contributed by atoms with Crippen molar-refractivity contribution in [3.05, 3.63) is 46.6 Å². The molecule has 2 aliphatic rings. The maximum atomic E-state index is 15.7. The number of alkyl halides is 3. The van der Waals surface area contributed by atoms with Crippen molar-refractivity contribution in [1.82, 2.24) is 19.9 Å². The second-order valence-electron chi connectivity index (χ2n) is 10.6. The third-order valence-electron chi connectivity index (χ3n) is 8.05. The van der Waals surface area contributed by atoms with Crippen LogP contribution in [0.25, 0.3) is 11.3 Å². The van der Waals surface area contributed by atoms with E-state index in [1.165, 1.54) is 20.5 Å². The minimum atomic E-state index is -4.74. The molecule has 0 spiro atoms. The predicted octanol–water partition coefficient (Wildman–Crippen LogP) is 5.78. The van der Waals surface area contributed by atoms with Crippen LogP contribution in [-0.2, 0) is 27.0 Å². The highest BCUT2D eigenvalue weighted by Crippen LogP contribution is 2.39. The van der Waals surface area contributed by atoms with Gasteiger partial charge in [-0.25, -0.2) is 24.1 Å². The van der Waals surface area contributed by atoms with Gasteiger partial charge in [-0.15, -0.1) is 0 Å². The Labute approximate surface area is 249 Å². The van der Waals surface area contributed by atoms with Crippen LogP contribution in [-0.4, -0.2) is 71.3 Å². The molecule has 2 saturated heterocycles. The highest BCUT2D eigenvalue weighted by Gasteiger charge is 2.43. The molecule has 1 N–H and O–H groups in total. The van der Waals surface area contributed by atoms with E-state index in [4.69, 9.17) is 9.47 Å². The van der Waals surface area contributed by atoms with Crippen LogP contribution in [0.3, 0.4) is 0 Å². The molecular formula is C28H31F5N6O3S. The van der Waals surface area contributed by atoms with Gasteiger partial charge in [-0.05, 0) is 44.5 Å². The van der Waals surface area contributed by atoms with E-state index in [9.17, 15) is 22.4 Å². The molecule has 0 aliphatic carbocycles. The standard InChI is InChI=1S/C28H31F5N6O3S/c1-16-5-4-8-39(16)14-20-22(17-11-18(28(31,32)33)13-19(29)12-17)36-26(43-20)37-23-21(30)24(35-15-34-23)38-9-6-27(42-3,7-10-38)25(40)41-2/h11-13,15-16H,4-10,14H2,1-3H3,(H,34,35,36,37). The van der Waals surface area contributed by atoms with Crippen LogP contribution in [0.5, 0.6) is 0 Å². The van der Waals surface area contributed by atoms with E-state index in [1.807, 2.05) is 0 Å². The Morgan fingerprint density at radius 3 is 2.51 bits per heavy atom.